The van der Waals surface area contributed by atoms with Crippen LogP contribution in [0.1, 0.15) is 34.5 Å². The number of rotatable bonds is 6. The lowest BCUT2D eigenvalue weighted by molar-refractivity contribution is -0.384. The van der Waals surface area contributed by atoms with Crippen molar-refractivity contribution in [3.8, 4) is 0 Å². The molecule has 9 heteroatoms. The van der Waals surface area contributed by atoms with Gasteiger partial charge in [0.15, 0.2) is 0 Å². The highest BCUT2D eigenvalue weighted by atomic mass is 16.6. The Labute approximate surface area is 200 Å². The Bertz CT molecular complexity index is 1330. The van der Waals surface area contributed by atoms with Crippen LogP contribution in [0.2, 0.25) is 0 Å². The molecular formula is C26H20N2O7. The number of nitrogens with zero attached hydrogens (tertiary/aromatic N) is 2. The Morgan fingerprint density at radius 3 is 2.17 bits per heavy atom. The van der Waals surface area contributed by atoms with Gasteiger partial charge in [0, 0.05) is 23.4 Å². The average Bonchev–Trinajstić information content (AvgIpc) is 3.14. The first-order chi connectivity index (χ1) is 16.8. The van der Waals surface area contributed by atoms with Crippen LogP contribution in [0.5, 0.6) is 0 Å². The second-order valence-corrected chi connectivity index (χ2v) is 7.65. The van der Waals surface area contributed by atoms with Crippen LogP contribution >= 0.6 is 0 Å². The SMILES string of the molecule is CCOC(=O)c1ccc(N2C(=O)C(=O)/C(=C(/O)c3ccccc3)[C@H]2c2ccc([N+](=O)[O-])cc2)cc1. The lowest BCUT2D eigenvalue weighted by Gasteiger charge is -2.25. The zero-order valence-corrected chi connectivity index (χ0v) is 18.6. The number of hydrogen-bond donors (Lipinski definition) is 1. The molecule has 0 radical (unpaired) electrons. The third-order valence-electron chi connectivity index (χ3n) is 5.57. The van der Waals surface area contributed by atoms with Crippen LogP contribution in [0.15, 0.2) is 84.4 Å². The van der Waals surface area contributed by atoms with E-state index in [1.807, 2.05) is 0 Å². The molecular weight excluding hydrogens is 452 g/mol. The van der Waals surface area contributed by atoms with Crippen molar-refractivity contribution in [2.24, 2.45) is 0 Å². The molecule has 1 amide bonds. The zero-order valence-electron chi connectivity index (χ0n) is 18.6. The number of esters is 1. The fraction of sp³-hybridized carbons (Fsp3) is 0.115. The maximum atomic E-state index is 13.2. The summed E-state index contributed by atoms with van der Waals surface area (Å²) in [4.78, 5) is 50.1. The predicted molar refractivity (Wildman–Crippen MR) is 127 cm³/mol. The van der Waals surface area contributed by atoms with Gasteiger partial charge in [-0.05, 0) is 48.9 Å². The van der Waals surface area contributed by atoms with Crippen LogP contribution in [-0.4, -0.2) is 34.3 Å². The molecule has 176 valence electrons. The van der Waals surface area contributed by atoms with Gasteiger partial charge in [-0.3, -0.25) is 24.6 Å². The number of non-ortho nitro benzene ring substituents is 1. The molecule has 0 saturated carbocycles. The van der Waals surface area contributed by atoms with Gasteiger partial charge in [-0.2, -0.15) is 0 Å². The number of Topliss-reactive ketones (excluding diaryl/α,β-unsaturated/α-hetero) is 1. The van der Waals surface area contributed by atoms with Crippen LogP contribution < -0.4 is 4.90 Å². The van der Waals surface area contributed by atoms with E-state index in [1.165, 1.54) is 53.4 Å². The summed E-state index contributed by atoms with van der Waals surface area (Å²) < 4.78 is 4.98. The van der Waals surface area contributed by atoms with E-state index in [0.717, 1.165) is 0 Å². The summed E-state index contributed by atoms with van der Waals surface area (Å²) in [7, 11) is 0. The minimum absolute atomic E-state index is 0.149. The molecule has 1 fully saturated rings. The number of carbonyl (C=O) groups excluding carboxylic acids is 3. The van der Waals surface area contributed by atoms with Crippen LogP contribution in [-0.2, 0) is 14.3 Å². The van der Waals surface area contributed by atoms with Crippen molar-refractivity contribution in [3.05, 3.63) is 111 Å². The van der Waals surface area contributed by atoms with Gasteiger partial charge in [-0.25, -0.2) is 4.79 Å². The number of nitro benzene ring substituents is 1. The van der Waals surface area contributed by atoms with Gasteiger partial charge >= 0.3 is 5.97 Å². The van der Waals surface area contributed by atoms with E-state index < -0.39 is 28.6 Å². The van der Waals surface area contributed by atoms with E-state index in [0.29, 0.717) is 16.8 Å². The van der Waals surface area contributed by atoms with E-state index >= 15 is 0 Å². The van der Waals surface area contributed by atoms with Crippen LogP contribution in [0.4, 0.5) is 11.4 Å². The Balaban J connectivity index is 1.86. The van der Waals surface area contributed by atoms with Crippen molar-refractivity contribution < 1.29 is 29.2 Å². The van der Waals surface area contributed by atoms with Crippen molar-refractivity contribution in [1.82, 2.24) is 0 Å². The van der Waals surface area contributed by atoms with E-state index in [4.69, 9.17) is 4.74 Å². The fourth-order valence-corrected chi connectivity index (χ4v) is 3.92. The summed E-state index contributed by atoms with van der Waals surface area (Å²) in [6.07, 6.45) is 0. The number of aliphatic hydroxyl groups is 1. The first-order valence-corrected chi connectivity index (χ1v) is 10.7. The Hall–Kier alpha value is -4.79. The number of ketones is 1. The Morgan fingerprint density at radius 1 is 0.971 bits per heavy atom. The van der Waals surface area contributed by atoms with Crippen LogP contribution in [0.3, 0.4) is 0 Å². The molecule has 35 heavy (non-hydrogen) atoms. The monoisotopic (exact) mass is 472 g/mol. The van der Waals surface area contributed by atoms with E-state index in [2.05, 4.69) is 0 Å². The number of aliphatic hydroxyl groups excluding tert-OH is 1. The highest BCUT2D eigenvalue weighted by Crippen LogP contribution is 2.42. The molecule has 3 aromatic rings. The molecule has 1 saturated heterocycles. The van der Waals surface area contributed by atoms with E-state index in [9.17, 15) is 29.6 Å². The summed E-state index contributed by atoms with van der Waals surface area (Å²) in [5, 5.41) is 22.1. The molecule has 1 atom stereocenters. The maximum Gasteiger partial charge on any atom is 0.338 e. The molecule has 4 rings (SSSR count). The summed E-state index contributed by atoms with van der Waals surface area (Å²) in [5.74, 6) is -2.67. The number of carbonyl (C=O) groups is 3. The fourth-order valence-electron chi connectivity index (χ4n) is 3.92. The topological polar surface area (TPSA) is 127 Å². The molecule has 0 spiro atoms. The van der Waals surface area contributed by atoms with Crippen molar-refractivity contribution >= 4 is 34.8 Å². The van der Waals surface area contributed by atoms with Crippen LogP contribution in [0.25, 0.3) is 5.76 Å². The smallest absolute Gasteiger partial charge is 0.338 e. The second kappa shape index (κ2) is 9.60. The molecule has 0 unspecified atom stereocenters. The van der Waals surface area contributed by atoms with Gasteiger partial charge in [0.2, 0.25) is 0 Å². The highest BCUT2D eigenvalue weighted by molar-refractivity contribution is 6.51. The summed E-state index contributed by atoms with van der Waals surface area (Å²) >= 11 is 0. The lowest BCUT2D eigenvalue weighted by atomic mass is 9.95. The third kappa shape index (κ3) is 4.39. The van der Waals surface area contributed by atoms with Gasteiger partial charge in [0.1, 0.15) is 5.76 Å². The average molecular weight is 472 g/mol. The normalized spacial score (nSPS) is 16.8. The highest BCUT2D eigenvalue weighted by Gasteiger charge is 2.47. The molecule has 0 aliphatic carbocycles. The number of amides is 1. The van der Waals surface area contributed by atoms with Gasteiger partial charge in [0.25, 0.3) is 17.4 Å². The molecule has 1 N–H and O–H groups in total. The standard InChI is InChI=1S/C26H20N2O7/c1-2-35-26(32)18-10-12-19(13-11-18)27-22(16-8-14-20(15-9-16)28(33)34)21(24(30)25(27)31)23(29)17-6-4-3-5-7-17/h3-15,22,29H,2H2,1H3/b23-21+/t22-/m1/s1. The van der Waals surface area contributed by atoms with Crippen molar-refractivity contribution in [3.63, 3.8) is 0 Å². The number of benzene rings is 3. The Kier molecular flexibility index (Phi) is 6.41. The second-order valence-electron chi connectivity index (χ2n) is 7.65. The number of anilines is 1. The molecule has 0 aromatic heterocycles. The van der Waals surface area contributed by atoms with Gasteiger partial charge in [-0.1, -0.05) is 30.3 Å². The number of nitro groups is 1. The number of ether oxygens (including phenoxy) is 1. The lowest BCUT2D eigenvalue weighted by Crippen LogP contribution is -2.29. The van der Waals surface area contributed by atoms with E-state index in [-0.39, 0.29) is 29.2 Å². The summed E-state index contributed by atoms with van der Waals surface area (Å²) in [5.41, 5.74) is 0.993. The van der Waals surface area contributed by atoms with Crippen molar-refractivity contribution in [2.45, 2.75) is 13.0 Å². The molecule has 1 heterocycles. The maximum absolute atomic E-state index is 13.2. The molecule has 0 bridgehead atoms. The summed E-state index contributed by atoms with van der Waals surface area (Å²) in [6, 6.07) is 18.6. The van der Waals surface area contributed by atoms with Crippen LogP contribution in [0, 0.1) is 10.1 Å². The Morgan fingerprint density at radius 2 is 1.60 bits per heavy atom. The zero-order chi connectivity index (χ0) is 25.1. The van der Waals surface area contributed by atoms with Crippen molar-refractivity contribution in [1.29, 1.82) is 0 Å². The quantitative estimate of drug-likeness (QED) is 0.141. The van der Waals surface area contributed by atoms with E-state index in [1.54, 1.807) is 37.3 Å². The molecule has 9 nitrogen and oxygen atoms in total. The molecule has 3 aromatic carbocycles. The first-order valence-electron chi connectivity index (χ1n) is 10.7. The van der Waals surface area contributed by atoms with Gasteiger partial charge in [0.05, 0.1) is 28.7 Å². The third-order valence-corrected chi connectivity index (χ3v) is 5.57. The van der Waals surface area contributed by atoms with Gasteiger partial charge in [-0.15, -0.1) is 0 Å². The largest absolute Gasteiger partial charge is 0.507 e. The summed E-state index contributed by atoms with van der Waals surface area (Å²) in [6.45, 7) is 1.89. The van der Waals surface area contributed by atoms with Crippen molar-refractivity contribution in [2.75, 3.05) is 11.5 Å². The minimum atomic E-state index is -1.05. The molecule has 1 aliphatic rings. The molecule has 1 aliphatic heterocycles. The first kappa shape index (κ1) is 23.4. The number of hydrogen-bond acceptors (Lipinski definition) is 7. The predicted octanol–water partition coefficient (Wildman–Crippen LogP) is 4.40. The minimum Gasteiger partial charge on any atom is -0.507 e. The van der Waals surface area contributed by atoms with Gasteiger partial charge < -0.3 is 9.84 Å².